The molecule has 0 spiro atoms. The highest BCUT2D eigenvalue weighted by Crippen LogP contribution is 2.34. The Kier molecular flexibility index (Phi) is 4.99. The molecule has 0 saturated carbocycles. The van der Waals surface area contributed by atoms with E-state index in [2.05, 4.69) is 29.4 Å². The molecule has 1 amide bonds. The van der Waals surface area contributed by atoms with Crippen LogP contribution in [0, 0.1) is 0 Å². The lowest BCUT2D eigenvalue weighted by molar-refractivity contribution is -0.137. The van der Waals surface area contributed by atoms with Crippen LogP contribution in [0.25, 0.3) is 10.9 Å². The number of para-hydroxylation sites is 1. The van der Waals surface area contributed by atoms with Gasteiger partial charge in [0.05, 0.1) is 6.26 Å². The van der Waals surface area contributed by atoms with E-state index in [1.807, 2.05) is 11.0 Å². The topological polar surface area (TPSA) is 73.5 Å². The number of hydrogen-bond donors (Lipinski definition) is 1. The maximum Gasteiger partial charge on any atom is 0.241 e. The van der Waals surface area contributed by atoms with Crippen molar-refractivity contribution in [3.63, 3.8) is 0 Å². The first kappa shape index (κ1) is 18.5. The fraction of sp³-hybridized carbons (Fsp3) is 0.550. The van der Waals surface area contributed by atoms with E-state index < -0.39 is 16.1 Å². The van der Waals surface area contributed by atoms with Gasteiger partial charge in [0.25, 0.3) is 0 Å². The molecule has 2 aliphatic rings. The van der Waals surface area contributed by atoms with Crippen molar-refractivity contribution in [2.45, 2.75) is 44.1 Å². The Bertz CT molecular complexity index is 929. The van der Waals surface area contributed by atoms with Crippen LogP contribution in [0.15, 0.2) is 30.5 Å². The smallest absolute Gasteiger partial charge is 0.241 e. The summed E-state index contributed by atoms with van der Waals surface area (Å²) in [6, 6.07) is 7.80. The van der Waals surface area contributed by atoms with Crippen molar-refractivity contribution in [2.24, 2.45) is 0 Å². The summed E-state index contributed by atoms with van der Waals surface area (Å²) in [6.07, 6.45) is 7.52. The van der Waals surface area contributed by atoms with Crippen molar-refractivity contribution in [3.05, 3.63) is 36.0 Å². The van der Waals surface area contributed by atoms with Gasteiger partial charge in [-0.05, 0) is 43.2 Å². The highest BCUT2D eigenvalue weighted by atomic mass is 32.2. The van der Waals surface area contributed by atoms with Crippen molar-refractivity contribution in [1.29, 1.82) is 0 Å². The van der Waals surface area contributed by atoms with Crippen LogP contribution in [-0.4, -0.2) is 60.4 Å². The second-order valence-corrected chi connectivity index (χ2v) is 9.71. The van der Waals surface area contributed by atoms with Crippen LogP contribution in [0.5, 0.6) is 0 Å². The molecular weight excluding hydrogens is 362 g/mol. The maximum absolute atomic E-state index is 13.0. The van der Waals surface area contributed by atoms with E-state index in [-0.39, 0.29) is 5.91 Å². The monoisotopic (exact) mass is 389 g/mol. The number of likely N-dealkylation sites (tertiary alicyclic amines) is 1. The standard InChI is InChI=1S/C20H27N3O3S/c1-27(25,26)23-11-5-4-8-19(23)20(24)22-12-9-15(10-13-22)17-14-21-18-7-3-2-6-16(17)18/h2-3,6-7,14-15,19,21H,4-5,8-13H2,1H3. The maximum atomic E-state index is 13.0. The van der Waals surface area contributed by atoms with Crippen molar-refractivity contribution < 1.29 is 13.2 Å². The van der Waals surface area contributed by atoms with Gasteiger partial charge in [-0.1, -0.05) is 24.6 Å². The number of piperidine rings is 2. The molecule has 146 valence electrons. The molecule has 1 aromatic heterocycles. The highest BCUT2D eigenvalue weighted by Gasteiger charge is 2.37. The zero-order chi connectivity index (χ0) is 19.0. The number of hydrogen-bond acceptors (Lipinski definition) is 3. The molecule has 27 heavy (non-hydrogen) atoms. The number of carbonyl (C=O) groups is 1. The lowest BCUT2D eigenvalue weighted by atomic mass is 9.88. The third-order valence-electron chi connectivity index (χ3n) is 6.03. The molecular formula is C20H27N3O3S. The molecule has 0 radical (unpaired) electrons. The fourth-order valence-corrected chi connectivity index (χ4v) is 5.72. The van der Waals surface area contributed by atoms with Crippen LogP contribution in [0.2, 0.25) is 0 Å². The summed E-state index contributed by atoms with van der Waals surface area (Å²) in [7, 11) is -3.35. The Hall–Kier alpha value is -1.86. The van der Waals surface area contributed by atoms with Gasteiger partial charge in [0.2, 0.25) is 15.9 Å². The minimum Gasteiger partial charge on any atom is -0.361 e. The SMILES string of the molecule is CS(=O)(=O)N1CCCCC1C(=O)N1CCC(c2c[nH]c3ccccc23)CC1. The van der Waals surface area contributed by atoms with Crippen LogP contribution in [0.4, 0.5) is 0 Å². The van der Waals surface area contributed by atoms with Crippen LogP contribution >= 0.6 is 0 Å². The third-order valence-corrected chi connectivity index (χ3v) is 7.32. The number of sulfonamides is 1. The molecule has 0 aliphatic carbocycles. The van der Waals surface area contributed by atoms with Gasteiger partial charge in [0.15, 0.2) is 0 Å². The lowest BCUT2D eigenvalue weighted by Gasteiger charge is -2.38. The second-order valence-electron chi connectivity index (χ2n) is 7.77. The largest absolute Gasteiger partial charge is 0.361 e. The molecule has 2 fully saturated rings. The van der Waals surface area contributed by atoms with Gasteiger partial charge in [-0.15, -0.1) is 0 Å². The molecule has 1 aromatic carbocycles. The number of amides is 1. The minimum atomic E-state index is -3.35. The molecule has 2 aliphatic heterocycles. The third kappa shape index (κ3) is 3.62. The van der Waals surface area contributed by atoms with Gasteiger partial charge in [-0.2, -0.15) is 4.31 Å². The zero-order valence-corrected chi connectivity index (χ0v) is 16.5. The molecule has 1 atom stereocenters. The summed E-state index contributed by atoms with van der Waals surface area (Å²) in [6.45, 7) is 1.84. The molecule has 4 rings (SSSR count). The summed E-state index contributed by atoms with van der Waals surface area (Å²) < 4.78 is 25.5. The number of aromatic amines is 1. The van der Waals surface area contributed by atoms with Crippen LogP contribution in [0.1, 0.15) is 43.6 Å². The van der Waals surface area contributed by atoms with Crippen LogP contribution in [0.3, 0.4) is 0 Å². The van der Waals surface area contributed by atoms with Crippen molar-refractivity contribution in [2.75, 3.05) is 25.9 Å². The molecule has 2 saturated heterocycles. The van der Waals surface area contributed by atoms with E-state index in [4.69, 9.17) is 0 Å². The Morgan fingerprint density at radius 2 is 1.81 bits per heavy atom. The predicted octanol–water partition coefficient (Wildman–Crippen LogP) is 2.69. The summed E-state index contributed by atoms with van der Waals surface area (Å²) in [5.74, 6) is 0.417. The second kappa shape index (κ2) is 7.28. The Morgan fingerprint density at radius 1 is 1.07 bits per heavy atom. The first-order chi connectivity index (χ1) is 12.9. The molecule has 6 nitrogen and oxygen atoms in total. The molecule has 0 bridgehead atoms. The quantitative estimate of drug-likeness (QED) is 0.877. The Morgan fingerprint density at radius 3 is 2.56 bits per heavy atom. The summed E-state index contributed by atoms with van der Waals surface area (Å²) in [5.41, 5.74) is 2.48. The van der Waals surface area contributed by atoms with Gasteiger partial charge in [0.1, 0.15) is 6.04 Å². The number of rotatable bonds is 3. The van der Waals surface area contributed by atoms with E-state index in [0.717, 1.165) is 31.2 Å². The van der Waals surface area contributed by atoms with E-state index in [9.17, 15) is 13.2 Å². The molecule has 7 heteroatoms. The van der Waals surface area contributed by atoms with Crippen molar-refractivity contribution >= 4 is 26.8 Å². The number of aromatic nitrogens is 1. The van der Waals surface area contributed by atoms with E-state index >= 15 is 0 Å². The Labute approximate surface area is 160 Å². The number of benzene rings is 1. The average molecular weight is 390 g/mol. The van der Waals surface area contributed by atoms with Gasteiger partial charge in [0, 0.05) is 36.7 Å². The number of carbonyl (C=O) groups excluding carboxylic acids is 1. The summed E-state index contributed by atoms with van der Waals surface area (Å²) in [5, 5.41) is 1.26. The van der Waals surface area contributed by atoms with Crippen LogP contribution < -0.4 is 0 Å². The average Bonchev–Trinajstić information content (AvgIpc) is 3.11. The summed E-state index contributed by atoms with van der Waals surface area (Å²) >= 11 is 0. The van der Waals surface area contributed by atoms with Gasteiger partial charge >= 0.3 is 0 Å². The summed E-state index contributed by atoms with van der Waals surface area (Å²) in [4.78, 5) is 18.2. The van der Waals surface area contributed by atoms with E-state index in [0.29, 0.717) is 32.0 Å². The molecule has 2 aromatic rings. The molecule has 3 heterocycles. The fourth-order valence-electron chi connectivity index (χ4n) is 4.60. The number of nitrogens with zero attached hydrogens (tertiary/aromatic N) is 2. The predicted molar refractivity (Wildman–Crippen MR) is 106 cm³/mol. The van der Waals surface area contributed by atoms with E-state index in [1.54, 1.807) is 0 Å². The number of fused-ring (bicyclic) bond motifs is 1. The van der Waals surface area contributed by atoms with Crippen molar-refractivity contribution in [3.8, 4) is 0 Å². The normalized spacial score (nSPS) is 23.0. The number of nitrogens with one attached hydrogen (secondary N) is 1. The first-order valence-electron chi connectivity index (χ1n) is 9.77. The Balaban J connectivity index is 1.45. The van der Waals surface area contributed by atoms with E-state index in [1.165, 1.54) is 21.5 Å². The van der Waals surface area contributed by atoms with Gasteiger partial charge in [-0.25, -0.2) is 8.42 Å². The molecule has 1 unspecified atom stereocenters. The molecule has 1 N–H and O–H groups in total. The zero-order valence-electron chi connectivity index (χ0n) is 15.7. The van der Waals surface area contributed by atoms with Crippen LogP contribution in [-0.2, 0) is 14.8 Å². The van der Waals surface area contributed by atoms with Gasteiger partial charge < -0.3 is 9.88 Å². The highest BCUT2D eigenvalue weighted by molar-refractivity contribution is 7.88. The minimum absolute atomic E-state index is 0.0162. The first-order valence-corrected chi connectivity index (χ1v) is 11.6. The lowest BCUT2D eigenvalue weighted by Crippen LogP contribution is -2.53. The van der Waals surface area contributed by atoms with Gasteiger partial charge in [-0.3, -0.25) is 4.79 Å². The number of H-pyrrole nitrogens is 1. The van der Waals surface area contributed by atoms with Crippen molar-refractivity contribution in [1.82, 2.24) is 14.2 Å².